The summed E-state index contributed by atoms with van der Waals surface area (Å²) in [7, 11) is 1.84. The monoisotopic (exact) mass is 352 g/mol. The third-order valence-corrected chi connectivity index (χ3v) is 3.88. The van der Waals surface area contributed by atoms with Crippen molar-refractivity contribution in [2.75, 3.05) is 5.32 Å². The molecule has 1 N–H and O–H groups in total. The van der Waals surface area contributed by atoms with E-state index in [1.54, 1.807) is 23.0 Å². The first-order valence-electron chi connectivity index (χ1n) is 8.48. The maximum Gasteiger partial charge on any atom is 0.225 e. The molecule has 0 unspecified atom stereocenters. The number of aromatic nitrogens is 3. The average molecular weight is 352 g/mol. The zero-order valence-corrected chi connectivity index (χ0v) is 15.0. The lowest BCUT2D eigenvalue weighted by Gasteiger charge is -2.08. The minimum absolute atomic E-state index is 0.0606. The number of hydrogen-bond acceptors (Lipinski definition) is 3. The fourth-order valence-electron chi connectivity index (χ4n) is 2.75. The van der Waals surface area contributed by atoms with E-state index in [4.69, 9.17) is 0 Å². The molecule has 3 aromatic rings. The Morgan fingerprint density at radius 2 is 1.92 bits per heavy atom. The minimum Gasteiger partial charge on any atom is -0.311 e. The van der Waals surface area contributed by atoms with Gasteiger partial charge in [0.15, 0.2) is 0 Å². The summed E-state index contributed by atoms with van der Waals surface area (Å²) in [6.07, 6.45) is 4.00. The number of aryl methyl sites for hydroxylation is 1. The molecule has 2 aromatic heterocycles. The van der Waals surface area contributed by atoms with E-state index < -0.39 is 0 Å². The molecule has 0 aliphatic heterocycles. The van der Waals surface area contributed by atoms with Crippen LogP contribution >= 0.6 is 0 Å². The van der Waals surface area contributed by atoms with Crippen molar-refractivity contribution < 1.29 is 9.18 Å². The minimum atomic E-state index is -0.287. The van der Waals surface area contributed by atoms with E-state index in [9.17, 15) is 9.18 Å². The summed E-state index contributed by atoms with van der Waals surface area (Å²) in [5.74, 6) is 0.434. The van der Waals surface area contributed by atoms with Gasteiger partial charge in [-0.05, 0) is 47.9 Å². The van der Waals surface area contributed by atoms with E-state index in [0.717, 1.165) is 22.4 Å². The summed E-state index contributed by atoms with van der Waals surface area (Å²) in [4.78, 5) is 16.2. The second-order valence-corrected chi connectivity index (χ2v) is 6.65. The van der Waals surface area contributed by atoms with Crippen molar-refractivity contribution in [2.45, 2.75) is 20.3 Å². The van der Waals surface area contributed by atoms with Crippen LogP contribution in [0.2, 0.25) is 0 Å². The number of carbonyl (C=O) groups is 1. The number of nitrogens with one attached hydrogen (secondary N) is 1. The third-order valence-electron chi connectivity index (χ3n) is 3.88. The summed E-state index contributed by atoms with van der Waals surface area (Å²) in [5.41, 5.74) is 3.34. The molecule has 0 aliphatic carbocycles. The number of anilines is 1. The first-order valence-corrected chi connectivity index (χ1v) is 8.48. The lowest BCUT2D eigenvalue weighted by atomic mass is 10.0. The predicted molar refractivity (Wildman–Crippen MR) is 99.9 cm³/mol. The topological polar surface area (TPSA) is 59.8 Å². The molecule has 0 spiro atoms. The molecular formula is C20H21FN4O. The van der Waals surface area contributed by atoms with Crippen molar-refractivity contribution in [2.24, 2.45) is 13.0 Å². The molecule has 0 bridgehead atoms. The molecule has 6 heteroatoms. The van der Waals surface area contributed by atoms with Gasteiger partial charge >= 0.3 is 0 Å². The van der Waals surface area contributed by atoms with Gasteiger partial charge in [0.05, 0.1) is 0 Å². The van der Waals surface area contributed by atoms with Crippen LogP contribution in [0.3, 0.4) is 0 Å². The van der Waals surface area contributed by atoms with Crippen LogP contribution in [0.1, 0.15) is 20.3 Å². The highest BCUT2D eigenvalue weighted by molar-refractivity contribution is 5.91. The van der Waals surface area contributed by atoms with Crippen LogP contribution in [0.4, 0.5) is 10.2 Å². The summed E-state index contributed by atoms with van der Waals surface area (Å²) < 4.78 is 14.9. The Morgan fingerprint density at radius 3 is 2.62 bits per heavy atom. The first kappa shape index (κ1) is 17.8. The Labute approximate surface area is 151 Å². The Hall–Kier alpha value is -3.02. The van der Waals surface area contributed by atoms with E-state index in [1.807, 2.05) is 39.2 Å². The maximum absolute atomic E-state index is 13.2. The highest BCUT2D eigenvalue weighted by Crippen LogP contribution is 2.31. The van der Waals surface area contributed by atoms with Crippen molar-refractivity contribution >= 4 is 11.7 Å². The number of benzene rings is 1. The van der Waals surface area contributed by atoms with Crippen LogP contribution in [0, 0.1) is 11.7 Å². The molecule has 5 nitrogen and oxygen atoms in total. The standard InChI is InChI=1S/C20H21FN4O/c1-13(2)10-19(26)23-18-11-15(8-9-22-18)17-12-25(3)24-20(17)14-4-6-16(21)7-5-14/h4-9,11-13H,10H2,1-3H3,(H,22,23,26). The summed E-state index contributed by atoms with van der Waals surface area (Å²) in [6, 6.07) is 9.92. The van der Waals surface area contributed by atoms with Crippen LogP contribution in [0.25, 0.3) is 22.4 Å². The number of rotatable bonds is 5. The highest BCUT2D eigenvalue weighted by Gasteiger charge is 2.14. The van der Waals surface area contributed by atoms with E-state index in [0.29, 0.717) is 12.2 Å². The van der Waals surface area contributed by atoms with Crippen molar-refractivity contribution in [1.82, 2.24) is 14.8 Å². The molecule has 1 amide bonds. The molecule has 26 heavy (non-hydrogen) atoms. The molecule has 0 aliphatic rings. The number of carbonyl (C=O) groups excluding carboxylic acids is 1. The van der Waals surface area contributed by atoms with Crippen molar-refractivity contribution in [1.29, 1.82) is 0 Å². The molecule has 0 fully saturated rings. The number of halogens is 1. The van der Waals surface area contributed by atoms with Crippen LogP contribution in [-0.2, 0) is 11.8 Å². The van der Waals surface area contributed by atoms with Crippen molar-refractivity contribution in [3.05, 3.63) is 54.6 Å². The summed E-state index contributed by atoms with van der Waals surface area (Å²) >= 11 is 0. The number of amides is 1. The zero-order valence-electron chi connectivity index (χ0n) is 15.0. The Kier molecular flexibility index (Phi) is 5.11. The third kappa shape index (κ3) is 4.14. The SMILES string of the molecule is CC(C)CC(=O)Nc1cc(-c2cn(C)nc2-c2ccc(F)cc2)ccn1. The largest absolute Gasteiger partial charge is 0.311 e. The first-order chi connectivity index (χ1) is 12.4. The fraction of sp³-hybridized carbons (Fsp3) is 0.250. The quantitative estimate of drug-likeness (QED) is 0.746. The molecule has 2 heterocycles. The van der Waals surface area contributed by atoms with Crippen LogP contribution < -0.4 is 5.32 Å². The lowest BCUT2D eigenvalue weighted by molar-refractivity contribution is -0.116. The van der Waals surface area contributed by atoms with Gasteiger partial charge in [-0.25, -0.2) is 9.37 Å². The molecule has 134 valence electrons. The fourth-order valence-corrected chi connectivity index (χ4v) is 2.75. The van der Waals surface area contributed by atoms with E-state index in [-0.39, 0.29) is 17.6 Å². The number of nitrogens with zero attached hydrogens (tertiary/aromatic N) is 3. The van der Waals surface area contributed by atoms with E-state index in [1.165, 1.54) is 12.1 Å². The van der Waals surface area contributed by atoms with Gasteiger partial charge in [-0.2, -0.15) is 5.10 Å². The molecule has 0 saturated heterocycles. The summed E-state index contributed by atoms with van der Waals surface area (Å²) in [6.45, 7) is 3.99. The van der Waals surface area contributed by atoms with E-state index >= 15 is 0 Å². The lowest BCUT2D eigenvalue weighted by Crippen LogP contribution is -2.14. The smallest absolute Gasteiger partial charge is 0.225 e. The van der Waals surface area contributed by atoms with Crippen LogP contribution in [0.5, 0.6) is 0 Å². The van der Waals surface area contributed by atoms with Crippen molar-refractivity contribution in [3.8, 4) is 22.4 Å². The molecule has 3 rings (SSSR count). The second-order valence-electron chi connectivity index (χ2n) is 6.65. The summed E-state index contributed by atoms with van der Waals surface area (Å²) in [5, 5.41) is 7.33. The van der Waals surface area contributed by atoms with Gasteiger partial charge in [0.25, 0.3) is 0 Å². The maximum atomic E-state index is 13.2. The Morgan fingerprint density at radius 1 is 1.19 bits per heavy atom. The Balaban J connectivity index is 1.93. The van der Waals surface area contributed by atoms with Gasteiger partial charge in [0, 0.05) is 37.0 Å². The van der Waals surface area contributed by atoms with Crippen LogP contribution in [-0.4, -0.2) is 20.7 Å². The average Bonchev–Trinajstić information content (AvgIpc) is 2.97. The Bertz CT molecular complexity index is 916. The normalized spacial score (nSPS) is 11.0. The van der Waals surface area contributed by atoms with E-state index in [2.05, 4.69) is 15.4 Å². The van der Waals surface area contributed by atoms with Crippen LogP contribution in [0.15, 0.2) is 48.8 Å². The number of hydrogen-bond donors (Lipinski definition) is 1. The van der Waals surface area contributed by atoms with Gasteiger partial charge in [-0.3, -0.25) is 9.48 Å². The van der Waals surface area contributed by atoms with Crippen molar-refractivity contribution in [3.63, 3.8) is 0 Å². The van der Waals surface area contributed by atoms with Gasteiger partial charge in [-0.15, -0.1) is 0 Å². The molecule has 0 atom stereocenters. The van der Waals surface area contributed by atoms with Gasteiger partial charge < -0.3 is 5.32 Å². The predicted octanol–water partition coefficient (Wildman–Crippen LogP) is 4.27. The molecule has 0 saturated carbocycles. The van der Waals surface area contributed by atoms with Gasteiger partial charge in [-0.1, -0.05) is 13.8 Å². The molecule has 0 radical (unpaired) electrons. The zero-order chi connectivity index (χ0) is 18.7. The second kappa shape index (κ2) is 7.47. The van der Waals surface area contributed by atoms with Gasteiger partial charge in [0.1, 0.15) is 17.3 Å². The molecule has 1 aromatic carbocycles. The molecular weight excluding hydrogens is 331 g/mol. The van der Waals surface area contributed by atoms with Gasteiger partial charge in [0.2, 0.25) is 5.91 Å². The number of pyridine rings is 1. The highest BCUT2D eigenvalue weighted by atomic mass is 19.1.